The Bertz CT molecular complexity index is 396. The van der Waals surface area contributed by atoms with E-state index < -0.39 is 11.6 Å². The third-order valence-corrected chi connectivity index (χ3v) is 3.98. The van der Waals surface area contributed by atoms with Crippen LogP contribution in [0.1, 0.15) is 57.6 Å². The second-order valence-corrected chi connectivity index (χ2v) is 5.56. The van der Waals surface area contributed by atoms with Gasteiger partial charge in [-0.05, 0) is 46.9 Å². The number of rotatable bonds is 8. The molecule has 1 nitrogen and oxygen atoms in total. The minimum atomic E-state index is -0.807. The van der Waals surface area contributed by atoms with Crippen molar-refractivity contribution in [3.05, 3.63) is 33.8 Å². The number of nitrogens with one attached hydrogen (secondary N) is 1. The zero-order valence-electron chi connectivity index (χ0n) is 11.6. The molecule has 1 rings (SSSR count). The SMILES string of the molecule is CCCCCC(NCCC)c1ccc(F)c(F)c1Br. The van der Waals surface area contributed by atoms with Gasteiger partial charge < -0.3 is 5.32 Å². The molecule has 0 aliphatic rings. The monoisotopic (exact) mass is 333 g/mol. The van der Waals surface area contributed by atoms with Crippen molar-refractivity contribution in [2.75, 3.05) is 6.54 Å². The number of hydrogen-bond donors (Lipinski definition) is 1. The van der Waals surface area contributed by atoms with E-state index in [1.54, 1.807) is 6.07 Å². The summed E-state index contributed by atoms with van der Waals surface area (Å²) >= 11 is 3.18. The summed E-state index contributed by atoms with van der Waals surface area (Å²) in [7, 11) is 0. The van der Waals surface area contributed by atoms with Crippen LogP contribution in [-0.4, -0.2) is 6.54 Å². The fourth-order valence-corrected chi connectivity index (χ4v) is 2.69. The summed E-state index contributed by atoms with van der Waals surface area (Å²) < 4.78 is 27.0. The maximum absolute atomic E-state index is 13.6. The van der Waals surface area contributed by atoms with Crippen molar-refractivity contribution in [1.29, 1.82) is 0 Å². The van der Waals surface area contributed by atoms with Gasteiger partial charge in [-0.1, -0.05) is 39.2 Å². The molecule has 0 saturated heterocycles. The predicted molar refractivity (Wildman–Crippen MR) is 79.2 cm³/mol. The molecular formula is C15H22BrF2N. The van der Waals surface area contributed by atoms with Gasteiger partial charge >= 0.3 is 0 Å². The van der Waals surface area contributed by atoms with E-state index in [-0.39, 0.29) is 10.5 Å². The van der Waals surface area contributed by atoms with Crippen LogP contribution in [0, 0.1) is 11.6 Å². The van der Waals surface area contributed by atoms with E-state index in [4.69, 9.17) is 0 Å². The molecule has 1 aromatic carbocycles. The van der Waals surface area contributed by atoms with E-state index in [9.17, 15) is 8.78 Å². The highest BCUT2D eigenvalue weighted by molar-refractivity contribution is 9.10. The highest BCUT2D eigenvalue weighted by Crippen LogP contribution is 2.30. The van der Waals surface area contributed by atoms with Crippen LogP contribution in [0.5, 0.6) is 0 Å². The lowest BCUT2D eigenvalue weighted by atomic mass is 10.00. The Kier molecular flexibility index (Phi) is 7.54. The van der Waals surface area contributed by atoms with Gasteiger partial charge in [0.25, 0.3) is 0 Å². The summed E-state index contributed by atoms with van der Waals surface area (Å²) in [6.07, 6.45) is 5.36. The summed E-state index contributed by atoms with van der Waals surface area (Å²) in [4.78, 5) is 0. The topological polar surface area (TPSA) is 12.0 Å². The average Bonchev–Trinajstić information content (AvgIpc) is 2.41. The molecule has 108 valence electrons. The lowest BCUT2D eigenvalue weighted by molar-refractivity contribution is 0.460. The van der Waals surface area contributed by atoms with Crippen LogP contribution in [0.4, 0.5) is 8.78 Å². The van der Waals surface area contributed by atoms with Crippen molar-refractivity contribution >= 4 is 15.9 Å². The zero-order chi connectivity index (χ0) is 14.3. The summed E-state index contributed by atoms with van der Waals surface area (Å²) in [5.41, 5.74) is 0.809. The minimum absolute atomic E-state index is 0.0796. The van der Waals surface area contributed by atoms with Crippen LogP contribution in [-0.2, 0) is 0 Å². The average molecular weight is 334 g/mol. The highest BCUT2D eigenvalue weighted by Gasteiger charge is 2.18. The summed E-state index contributed by atoms with van der Waals surface area (Å²) in [5, 5.41) is 3.41. The van der Waals surface area contributed by atoms with Crippen LogP contribution in [0.2, 0.25) is 0 Å². The van der Waals surface area contributed by atoms with Gasteiger partial charge in [0.15, 0.2) is 11.6 Å². The third-order valence-electron chi connectivity index (χ3n) is 3.18. The Morgan fingerprint density at radius 3 is 2.53 bits per heavy atom. The Labute approximate surface area is 122 Å². The molecule has 0 aliphatic carbocycles. The molecular weight excluding hydrogens is 312 g/mol. The zero-order valence-corrected chi connectivity index (χ0v) is 13.2. The van der Waals surface area contributed by atoms with E-state index in [2.05, 4.69) is 35.1 Å². The largest absolute Gasteiger partial charge is 0.310 e. The van der Waals surface area contributed by atoms with Crippen LogP contribution >= 0.6 is 15.9 Å². The van der Waals surface area contributed by atoms with E-state index in [0.717, 1.165) is 44.2 Å². The molecule has 1 unspecified atom stereocenters. The van der Waals surface area contributed by atoms with Gasteiger partial charge in [0.1, 0.15) is 0 Å². The van der Waals surface area contributed by atoms with Crippen LogP contribution in [0.3, 0.4) is 0 Å². The van der Waals surface area contributed by atoms with Gasteiger partial charge in [-0.15, -0.1) is 0 Å². The Morgan fingerprint density at radius 1 is 1.16 bits per heavy atom. The first-order valence-electron chi connectivity index (χ1n) is 6.98. The maximum atomic E-state index is 13.6. The molecule has 0 radical (unpaired) electrons. The fraction of sp³-hybridized carbons (Fsp3) is 0.600. The molecule has 0 spiro atoms. The second kappa shape index (κ2) is 8.64. The summed E-state index contributed by atoms with van der Waals surface area (Å²) in [6, 6.07) is 2.95. The number of unbranched alkanes of at least 4 members (excludes halogenated alkanes) is 2. The van der Waals surface area contributed by atoms with E-state index in [0.29, 0.717) is 0 Å². The number of hydrogen-bond acceptors (Lipinski definition) is 1. The molecule has 0 saturated carbocycles. The predicted octanol–water partition coefficient (Wildman–Crippen LogP) is 5.35. The van der Waals surface area contributed by atoms with Gasteiger partial charge in [0, 0.05) is 6.04 Å². The molecule has 0 aromatic heterocycles. The first-order chi connectivity index (χ1) is 9.11. The molecule has 0 aliphatic heterocycles. The molecule has 0 bridgehead atoms. The van der Waals surface area contributed by atoms with E-state index in [1.807, 2.05) is 0 Å². The number of halogens is 3. The van der Waals surface area contributed by atoms with Crippen molar-refractivity contribution in [3.63, 3.8) is 0 Å². The van der Waals surface area contributed by atoms with Crippen molar-refractivity contribution in [2.24, 2.45) is 0 Å². The smallest absolute Gasteiger partial charge is 0.173 e. The van der Waals surface area contributed by atoms with Gasteiger partial charge in [-0.3, -0.25) is 0 Å². The fourth-order valence-electron chi connectivity index (χ4n) is 2.09. The van der Waals surface area contributed by atoms with Crippen LogP contribution < -0.4 is 5.32 Å². The third kappa shape index (κ3) is 4.84. The van der Waals surface area contributed by atoms with Gasteiger partial charge in [-0.2, -0.15) is 0 Å². The van der Waals surface area contributed by atoms with E-state index in [1.165, 1.54) is 6.07 Å². The standard InChI is InChI=1S/C15H22BrF2N/c1-3-5-6-7-13(19-10-4-2)11-8-9-12(17)15(18)14(11)16/h8-9,13,19H,3-7,10H2,1-2H3. The van der Waals surface area contributed by atoms with Crippen molar-refractivity contribution in [1.82, 2.24) is 5.32 Å². The molecule has 0 amide bonds. The lowest BCUT2D eigenvalue weighted by Crippen LogP contribution is -2.23. The van der Waals surface area contributed by atoms with Crippen LogP contribution in [0.25, 0.3) is 0 Å². The second-order valence-electron chi connectivity index (χ2n) is 4.77. The molecule has 1 aromatic rings. The Hall–Kier alpha value is -0.480. The van der Waals surface area contributed by atoms with Crippen molar-refractivity contribution in [3.8, 4) is 0 Å². The first-order valence-corrected chi connectivity index (χ1v) is 7.77. The van der Waals surface area contributed by atoms with Crippen LogP contribution in [0.15, 0.2) is 16.6 Å². The van der Waals surface area contributed by atoms with Crippen molar-refractivity contribution in [2.45, 2.75) is 52.0 Å². The quantitative estimate of drug-likeness (QED) is 0.499. The summed E-state index contributed by atoms with van der Waals surface area (Å²) in [5.74, 6) is -1.60. The molecule has 1 N–H and O–H groups in total. The minimum Gasteiger partial charge on any atom is -0.310 e. The van der Waals surface area contributed by atoms with Crippen molar-refractivity contribution < 1.29 is 8.78 Å². The maximum Gasteiger partial charge on any atom is 0.173 e. The summed E-state index contributed by atoms with van der Waals surface area (Å²) in [6.45, 7) is 5.13. The van der Waals surface area contributed by atoms with Gasteiger partial charge in [0.05, 0.1) is 4.47 Å². The van der Waals surface area contributed by atoms with Gasteiger partial charge in [0.2, 0.25) is 0 Å². The molecule has 4 heteroatoms. The molecule has 0 heterocycles. The van der Waals surface area contributed by atoms with E-state index >= 15 is 0 Å². The molecule has 0 fully saturated rings. The molecule has 1 atom stereocenters. The first kappa shape index (κ1) is 16.6. The van der Waals surface area contributed by atoms with Gasteiger partial charge in [-0.25, -0.2) is 8.78 Å². The highest BCUT2D eigenvalue weighted by atomic mass is 79.9. The lowest BCUT2D eigenvalue weighted by Gasteiger charge is -2.20. The molecule has 19 heavy (non-hydrogen) atoms. The number of benzene rings is 1. The Morgan fingerprint density at radius 2 is 1.89 bits per heavy atom. The Balaban J connectivity index is 2.86. The normalized spacial score (nSPS) is 12.7.